The molecule has 0 aliphatic heterocycles. The number of hydrogen-bond acceptors (Lipinski definition) is 3. The fourth-order valence-corrected chi connectivity index (χ4v) is 2.82. The third-order valence-electron chi connectivity index (χ3n) is 3.99. The van der Waals surface area contributed by atoms with Crippen molar-refractivity contribution in [2.45, 2.75) is 6.54 Å². The van der Waals surface area contributed by atoms with Crippen LogP contribution in [-0.4, -0.2) is 14.8 Å². The first kappa shape index (κ1) is 14.3. The first-order valence-electron chi connectivity index (χ1n) is 7.76. The van der Waals surface area contributed by atoms with Gasteiger partial charge in [-0.05, 0) is 28.5 Å². The summed E-state index contributed by atoms with van der Waals surface area (Å²) in [5.74, 6) is 0. The van der Waals surface area contributed by atoms with Crippen LogP contribution in [0.2, 0.25) is 0 Å². The Labute approximate surface area is 139 Å². The molecule has 0 radical (unpaired) electrons. The van der Waals surface area contributed by atoms with E-state index < -0.39 is 0 Å². The van der Waals surface area contributed by atoms with Gasteiger partial charge in [-0.1, -0.05) is 48.5 Å². The molecule has 4 heteroatoms. The van der Waals surface area contributed by atoms with E-state index in [1.807, 2.05) is 36.4 Å². The molecular formula is C20H15N3O. The fraction of sp³-hybridized carbons (Fsp3) is 0.0500. The Bertz CT molecular complexity index is 1050. The highest BCUT2D eigenvalue weighted by atomic mass is 16.1. The molecule has 0 saturated heterocycles. The molecule has 4 nitrogen and oxygen atoms in total. The summed E-state index contributed by atoms with van der Waals surface area (Å²) in [6, 6.07) is 21.4. The van der Waals surface area contributed by atoms with Crippen molar-refractivity contribution in [2.75, 3.05) is 0 Å². The highest BCUT2D eigenvalue weighted by Crippen LogP contribution is 2.26. The van der Waals surface area contributed by atoms with Crippen molar-refractivity contribution in [1.82, 2.24) is 14.8 Å². The van der Waals surface area contributed by atoms with Crippen LogP contribution in [0.25, 0.3) is 22.0 Å². The van der Waals surface area contributed by atoms with Crippen molar-refractivity contribution in [3.63, 3.8) is 0 Å². The van der Waals surface area contributed by atoms with Crippen LogP contribution >= 0.6 is 0 Å². The summed E-state index contributed by atoms with van der Waals surface area (Å²) in [5, 5.41) is 6.84. The van der Waals surface area contributed by atoms with Crippen LogP contribution in [0.3, 0.4) is 0 Å². The third-order valence-corrected chi connectivity index (χ3v) is 3.99. The molecule has 4 aromatic rings. The maximum Gasteiger partial charge on any atom is 0.267 e. The van der Waals surface area contributed by atoms with Gasteiger partial charge in [0.15, 0.2) is 0 Å². The summed E-state index contributed by atoms with van der Waals surface area (Å²) in [5.41, 5.74) is 2.63. The van der Waals surface area contributed by atoms with Gasteiger partial charge >= 0.3 is 0 Å². The number of aromatic nitrogens is 3. The van der Waals surface area contributed by atoms with Gasteiger partial charge in [-0.3, -0.25) is 9.78 Å². The van der Waals surface area contributed by atoms with Crippen LogP contribution in [0.4, 0.5) is 0 Å². The second kappa shape index (κ2) is 6.08. The van der Waals surface area contributed by atoms with E-state index in [1.165, 1.54) is 4.68 Å². The summed E-state index contributed by atoms with van der Waals surface area (Å²) in [7, 11) is 0. The molecule has 116 valence electrons. The summed E-state index contributed by atoms with van der Waals surface area (Å²) in [6.45, 7) is 0.408. The second-order valence-electron chi connectivity index (χ2n) is 5.60. The quantitative estimate of drug-likeness (QED) is 0.581. The monoisotopic (exact) mass is 313 g/mol. The van der Waals surface area contributed by atoms with Gasteiger partial charge in [0.05, 0.1) is 12.2 Å². The first-order valence-corrected chi connectivity index (χ1v) is 7.76. The molecule has 0 spiro atoms. The molecule has 0 amide bonds. The minimum atomic E-state index is -0.122. The van der Waals surface area contributed by atoms with Crippen LogP contribution in [-0.2, 0) is 6.54 Å². The Morgan fingerprint density at radius 1 is 0.875 bits per heavy atom. The molecule has 0 fully saturated rings. The molecule has 0 saturated carbocycles. The second-order valence-corrected chi connectivity index (χ2v) is 5.60. The first-order chi connectivity index (χ1) is 11.8. The number of nitrogens with zero attached hydrogens (tertiary/aromatic N) is 3. The van der Waals surface area contributed by atoms with Crippen molar-refractivity contribution in [3.8, 4) is 11.3 Å². The van der Waals surface area contributed by atoms with E-state index in [4.69, 9.17) is 0 Å². The standard InChI is InChI=1S/C20H15N3O/c24-20-11-10-19(22-23(20)14-15-5-4-12-21-13-15)18-9-3-7-16-6-1-2-8-17(16)18/h1-13H,14H2. The van der Waals surface area contributed by atoms with Gasteiger partial charge in [-0.15, -0.1) is 0 Å². The van der Waals surface area contributed by atoms with Crippen LogP contribution in [0.5, 0.6) is 0 Å². The van der Waals surface area contributed by atoms with E-state index in [0.29, 0.717) is 6.54 Å². The highest BCUT2D eigenvalue weighted by molar-refractivity contribution is 5.95. The van der Waals surface area contributed by atoms with E-state index in [0.717, 1.165) is 27.6 Å². The summed E-state index contributed by atoms with van der Waals surface area (Å²) < 4.78 is 1.48. The lowest BCUT2D eigenvalue weighted by Crippen LogP contribution is -2.22. The van der Waals surface area contributed by atoms with Crippen LogP contribution in [0, 0.1) is 0 Å². The minimum Gasteiger partial charge on any atom is -0.268 e. The predicted molar refractivity (Wildman–Crippen MR) is 94.8 cm³/mol. The largest absolute Gasteiger partial charge is 0.268 e. The Morgan fingerprint density at radius 2 is 1.75 bits per heavy atom. The maximum atomic E-state index is 12.2. The van der Waals surface area contributed by atoms with Gasteiger partial charge in [-0.25, -0.2) is 4.68 Å². The molecule has 0 aliphatic carbocycles. The minimum absolute atomic E-state index is 0.122. The molecule has 0 unspecified atom stereocenters. The zero-order valence-electron chi connectivity index (χ0n) is 13.0. The molecule has 0 N–H and O–H groups in total. The van der Waals surface area contributed by atoms with Crippen molar-refractivity contribution in [2.24, 2.45) is 0 Å². The molecule has 0 atom stereocenters. The third kappa shape index (κ3) is 2.70. The van der Waals surface area contributed by atoms with Gasteiger partial charge in [0.2, 0.25) is 0 Å². The number of fused-ring (bicyclic) bond motifs is 1. The fourth-order valence-electron chi connectivity index (χ4n) is 2.82. The van der Waals surface area contributed by atoms with Gasteiger partial charge in [0, 0.05) is 24.0 Å². The Kier molecular flexibility index (Phi) is 3.63. The molecule has 0 aliphatic rings. The van der Waals surface area contributed by atoms with E-state index in [1.54, 1.807) is 24.5 Å². The topological polar surface area (TPSA) is 47.8 Å². The molecule has 2 aromatic carbocycles. The molecule has 2 aromatic heterocycles. The Hall–Kier alpha value is -3.27. The molecule has 24 heavy (non-hydrogen) atoms. The number of benzene rings is 2. The molecule has 2 heterocycles. The normalized spacial score (nSPS) is 10.8. The lowest BCUT2D eigenvalue weighted by Gasteiger charge is -2.09. The van der Waals surface area contributed by atoms with Gasteiger partial charge < -0.3 is 0 Å². The van der Waals surface area contributed by atoms with Crippen molar-refractivity contribution in [3.05, 3.63) is 95.0 Å². The van der Waals surface area contributed by atoms with Gasteiger partial charge in [0.25, 0.3) is 5.56 Å². The van der Waals surface area contributed by atoms with Crippen molar-refractivity contribution in [1.29, 1.82) is 0 Å². The predicted octanol–water partition coefficient (Wildman–Crippen LogP) is 3.51. The lowest BCUT2D eigenvalue weighted by molar-refractivity contribution is 0.641. The van der Waals surface area contributed by atoms with Crippen LogP contribution in [0.1, 0.15) is 5.56 Å². The zero-order valence-corrected chi connectivity index (χ0v) is 13.0. The summed E-state index contributed by atoms with van der Waals surface area (Å²) >= 11 is 0. The van der Waals surface area contributed by atoms with E-state index in [-0.39, 0.29) is 5.56 Å². The number of pyridine rings is 1. The average Bonchev–Trinajstić information content (AvgIpc) is 2.64. The molecular weight excluding hydrogens is 298 g/mol. The SMILES string of the molecule is O=c1ccc(-c2cccc3ccccc23)nn1Cc1cccnc1. The molecule has 0 bridgehead atoms. The van der Waals surface area contributed by atoms with E-state index in [2.05, 4.69) is 28.3 Å². The van der Waals surface area contributed by atoms with Gasteiger partial charge in [0.1, 0.15) is 0 Å². The lowest BCUT2D eigenvalue weighted by atomic mass is 10.0. The Morgan fingerprint density at radius 3 is 2.62 bits per heavy atom. The summed E-state index contributed by atoms with van der Waals surface area (Å²) in [6.07, 6.45) is 3.46. The van der Waals surface area contributed by atoms with Crippen molar-refractivity contribution < 1.29 is 0 Å². The highest BCUT2D eigenvalue weighted by Gasteiger charge is 2.07. The van der Waals surface area contributed by atoms with E-state index in [9.17, 15) is 4.79 Å². The number of rotatable bonds is 3. The van der Waals surface area contributed by atoms with Gasteiger partial charge in [-0.2, -0.15) is 5.10 Å². The van der Waals surface area contributed by atoms with Crippen LogP contribution in [0.15, 0.2) is 83.9 Å². The average molecular weight is 313 g/mol. The van der Waals surface area contributed by atoms with E-state index >= 15 is 0 Å². The smallest absolute Gasteiger partial charge is 0.267 e. The van der Waals surface area contributed by atoms with Crippen LogP contribution < -0.4 is 5.56 Å². The molecule has 4 rings (SSSR count). The summed E-state index contributed by atoms with van der Waals surface area (Å²) in [4.78, 5) is 16.2. The zero-order chi connectivity index (χ0) is 16.4. The Balaban J connectivity index is 1.82. The van der Waals surface area contributed by atoms with Crippen molar-refractivity contribution >= 4 is 10.8 Å². The maximum absolute atomic E-state index is 12.2. The number of hydrogen-bond donors (Lipinski definition) is 0.